The lowest BCUT2D eigenvalue weighted by Gasteiger charge is -2.08. The van der Waals surface area contributed by atoms with Gasteiger partial charge in [-0.15, -0.1) is 0 Å². The summed E-state index contributed by atoms with van der Waals surface area (Å²) >= 11 is 0. The van der Waals surface area contributed by atoms with Crippen molar-refractivity contribution in [3.05, 3.63) is 73.1 Å². The van der Waals surface area contributed by atoms with Crippen LogP contribution < -0.4 is 0 Å². The molecule has 20 heavy (non-hydrogen) atoms. The minimum atomic E-state index is 0.983. The first-order valence-electron chi connectivity index (χ1n) is 6.61. The summed E-state index contributed by atoms with van der Waals surface area (Å²) in [7, 11) is 0. The highest BCUT2D eigenvalue weighted by Crippen LogP contribution is 2.32. The summed E-state index contributed by atoms with van der Waals surface area (Å²) in [6.07, 6.45) is 3.67. The van der Waals surface area contributed by atoms with Crippen LogP contribution in [0.3, 0.4) is 0 Å². The van der Waals surface area contributed by atoms with Crippen molar-refractivity contribution in [3.63, 3.8) is 0 Å². The van der Waals surface area contributed by atoms with Gasteiger partial charge in [-0.05, 0) is 23.6 Å². The van der Waals surface area contributed by atoms with E-state index in [1.807, 2.05) is 36.7 Å². The average molecular weight is 256 g/mol. The van der Waals surface area contributed by atoms with Crippen molar-refractivity contribution < 1.29 is 0 Å². The zero-order chi connectivity index (χ0) is 13.4. The fraction of sp³-hybridized carbons (Fsp3) is 0. The van der Waals surface area contributed by atoms with Gasteiger partial charge in [0, 0.05) is 28.7 Å². The number of benzene rings is 2. The average Bonchev–Trinajstić information content (AvgIpc) is 2.55. The molecule has 0 aliphatic rings. The van der Waals surface area contributed by atoms with Gasteiger partial charge in [-0.2, -0.15) is 0 Å². The summed E-state index contributed by atoms with van der Waals surface area (Å²) in [5.41, 5.74) is 3.15. The van der Waals surface area contributed by atoms with Crippen LogP contribution in [-0.2, 0) is 0 Å². The minimum Gasteiger partial charge on any atom is -0.256 e. The maximum atomic E-state index is 4.57. The zero-order valence-corrected chi connectivity index (χ0v) is 10.8. The molecular weight excluding hydrogens is 244 g/mol. The number of pyridine rings is 2. The molecular formula is C18H12N2. The molecule has 0 atom stereocenters. The van der Waals surface area contributed by atoms with Crippen molar-refractivity contribution in [2.24, 2.45) is 0 Å². The van der Waals surface area contributed by atoms with Crippen LogP contribution in [-0.4, -0.2) is 9.97 Å². The van der Waals surface area contributed by atoms with E-state index >= 15 is 0 Å². The topological polar surface area (TPSA) is 25.8 Å². The smallest absolute Gasteiger partial charge is 0.0787 e. The molecule has 2 aromatic heterocycles. The molecule has 0 fully saturated rings. The van der Waals surface area contributed by atoms with Gasteiger partial charge in [-0.25, -0.2) is 0 Å². The van der Waals surface area contributed by atoms with Crippen LogP contribution in [0.1, 0.15) is 0 Å². The van der Waals surface area contributed by atoms with Crippen molar-refractivity contribution in [2.75, 3.05) is 0 Å². The van der Waals surface area contributed by atoms with Gasteiger partial charge in [0.2, 0.25) is 0 Å². The van der Waals surface area contributed by atoms with Crippen LogP contribution in [0.4, 0.5) is 0 Å². The number of hydrogen-bond acceptors (Lipinski definition) is 2. The fourth-order valence-corrected chi connectivity index (χ4v) is 2.65. The highest BCUT2D eigenvalue weighted by atomic mass is 14.7. The molecule has 0 aliphatic heterocycles. The van der Waals surface area contributed by atoms with Crippen LogP contribution in [0.15, 0.2) is 73.1 Å². The van der Waals surface area contributed by atoms with Crippen molar-refractivity contribution in [2.45, 2.75) is 0 Å². The molecule has 2 heterocycles. The van der Waals surface area contributed by atoms with E-state index in [2.05, 4.69) is 46.4 Å². The van der Waals surface area contributed by atoms with Gasteiger partial charge in [-0.3, -0.25) is 9.97 Å². The number of aromatic nitrogens is 2. The van der Waals surface area contributed by atoms with Gasteiger partial charge in [0.05, 0.1) is 11.2 Å². The summed E-state index contributed by atoms with van der Waals surface area (Å²) in [4.78, 5) is 9.05. The monoisotopic (exact) mass is 256 g/mol. The predicted molar refractivity (Wildman–Crippen MR) is 82.5 cm³/mol. The number of fused-ring (bicyclic) bond motifs is 3. The van der Waals surface area contributed by atoms with Gasteiger partial charge in [-0.1, -0.05) is 42.5 Å². The Balaban J connectivity index is 2.19. The Morgan fingerprint density at radius 3 is 2.35 bits per heavy atom. The molecule has 0 spiro atoms. The molecule has 0 amide bonds. The second-order valence-electron chi connectivity index (χ2n) is 4.76. The Hall–Kier alpha value is -2.74. The van der Waals surface area contributed by atoms with Crippen molar-refractivity contribution in [1.29, 1.82) is 0 Å². The lowest BCUT2D eigenvalue weighted by Crippen LogP contribution is -1.87. The van der Waals surface area contributed by atoms with Crippen LogP contribution >= 0.6 is 0 Å². The van der Waals surface area contributed by atoms with E-state index in [9.17, 15) is 0 Å². The Labute approximate surface area is 116 Å². The molecule has 4 aromatic rings. The maximum Gasteiger partial charge on any atom is 0.0787 e. The summed E-state index contributed by atoms with van der Waals surface area (Å²) in [6.45, 7) is 0. The molecule has 94 valence electrons. The first kappa shape index (κ1) is 11.1. The molecule has 0 saturated heterocycles. The van der Waals surface area contributed by atoms with Crippen LogP contribution in [0.25, 0.3) is 32.9 Å². The van der Waals surface area contributed by atoms with E-state index < -0.39 is 0 Å². The fourth-order valence-electron chi connectivity index (χ4n) is 2.65. The molecule has 0 bridgehead atoms. The quantitative estimate of drug-likeness (QED) is 0.470. The Morgan fingerprint density at radius 1 is 0.600 bits per heavy atom. The number of hydrogen-bond donors (Lipinski definition) is 0. The normalized spacial score (nSPS) is 11.0. The second-order valence-corrected chi connectivity index (χ2v) is 4.76. The van der Waals surface area contributed by atoms with Gasteiger partial charge >= 0.3 is 0 Å². The molecule has 4 rings (SSSR count). The number of rotatable bonds is 1. The number of nitrogens with zero attached hydrogens (tertiary/aromatic N) is 2. The highest BCUT2D eigenvalue weighted by Gasteiger charge is 2.08. The highest BCUT2D eigenvalue weighted by molar-refractivity contribution is 6.12. The van der Waals surface area contributed by atoms with Crippen molar-refractivity contribution in [1.82, 2.24) is 9.97 Å². The summed E-state index contributed by atoms with van der Waals surface area (Å²) in [5, 5.41) is 3.52. The maximum absolute atomic E-state index is 4.57. The van der Waals surface area contributed by atoms with Crippen LogP contribution in [0.2, 0.25) is 0 Å². The minimum absolute atomic E-state index is 0.983. The van der Waals surface area contributed by atoms with E-state index in [1.54, 1.807) is 0 Å². The van der Waals surface area contributed by atoms with Gasteiger partial charge in [0.1, 0.15) is 0 Å². The summed E-state index contributed by atoms with van der Waals surface area (Å²) in [6, 6.07) is 20.6. The van der Waals surface area contributed by atoms with Gasteiger partial charge in [0.25, 0.3) is 0 Å². The van der Waals surface area contributed by atoms with E-state index in [1.165, 1.54) is 10.8 Å². The second kappa shape index (κ2) is 4.42. The van der Waals surface area contributed by atoms with Crippen LogP contribution in [0, 0.1) is 0 Å². The molecule has 2 heteroatoms. The summed E-state index contributed by atoms with van der Waals surface area (Å²) < 4.78 is 0. The Bertz CT molecular complexity index is 899. The molecule has 0 saturated carbocycles. The molecule has 2 aromatic carbocycles. The van der Waals surface area contributed by atoms with Crippen LogP contribution in [0.5, 0.6) is 0 Å². The van der Waals surface area contributed by atoms with E-state index in [4.69, 9.17) is 0 Å². The van der Waals surface area contributed by atoms with E-state index in [0.29, 0.717) is 0 Å². The molecule has 0 unspecified atom stereocenters. The Kier molecular flexibility index (Phi) is 2.46. The SMILES string of the molecule is c1ccc(-c2cccc3ccc4cccnc4c23)nc1. The molecule has 0 N–H and O–H groups in total. The molecule has 0 radical (unpaired) electrons. The van der Waals surface area contributed by atoms with E-state index in [-0.39, 0.29) is 0 Å². The lowest BCUT2D eigenvalue weighted by atomic mass is 9.99. The predicted octanol–water partition coefficient (Wildman–Crippen LogP) is 4.45. The zero-order valence-electron chi connectivity index (χ0n) is 10.8. The third-order valence-electron chi connectivity index (χ3n) is 3.56. The Morgan fingerprint density at radius 2 is 1.45 bits per heavy atom. The first-order valence-corrected chi connectivity index (χ1v) is 6.61. The first-order chi connectivity index (χ1) is 9.93. The standard InChI is InChI=1S/C18H12N2/c1-2-11-19-16(8-1)15-7-3-5-13-9-10-14-6-4-12-20-18(14)17(13)15/h1-12H. The molecule has 0 aliphatic carbocycles. The largest absolute Gasteiger partial charge is 0.256 e. The van der Waals surface area contributed by atoms with E-state index in [0.717, 1.165) is 22.2 Å². The third-order valence-corrected chi connectivity index (χ3v) is 3.56. The van der Waals surface area contributed by atoms with Crippen molar-refractivity contribution in [3.8, 4) is 11.3 Å². The van der Waals surface area contributed by atoms with Gasteiger partial charge < -0.3 is 0 Å². The van der Waals surface area contributed by atoms with Crippen molar-refractivity contribution >= 4 is 21.7 Å². The van der Waals surface area contributed by atoms with Gasteiger partial charge in [0.15, 0.2) is 0 Å². The molecule has 2 nitrogen and oxygen atoms in total. The summed E-state index contributed by atoms with van der Waals surface area (Å²) in [5.74, 6) is 0. The lowest BCUT2D eigenvalue weighted by molar-refractivity contribution is 1.33. The third kappa shape index (κ3) is 1.66.